The third kappa shape index (κ3) is 2.78. The first-order valence-electron chi connectivity index (χ1n) is 7.77. The highest BCUT2D eigenvalue weighted by atomic mass is 19.1. The maximum atomic E-state index is 13.7. The number of likely N-dealkylation sites (tertiary alicyclic amines) is 1. The van der Waals surface area contributed by atoms with E-state index in [0.717, 1.165) is 12.5 Å². The second-order valence-corrected chi connectivity index (χ2v) is 6.13. The summed E-state index contributed by atoms with van der Waals surface area (Å²) < 4.78 is 13.7. The fraction of sp³-hybridized carbons (Fsp3) is 0.588. The van der Waals surface area contributed by atoms with Crippen LogP contribution in [0.4, 0.5) is 4.39 Å². The van der Waals surface area contributed by atoms with E-state index in [0.29, 0.717) is 12.6 Å². The maximum absolute atomic E-state index is 13.7. The number of hydrogen-bond donors (Lipinski definition) is 0. The Morgan fingerprint density at radius 1 is 1.15 bits per heavy atom. The second-order valence-electron chi connectivity index (χ2n) is 6.13. The van der Waals surface area contributed by atoms with Crippen molar-refractivity contribution in [3.05, 3.63) is 35.6 Å². The van der Waals surface area contributed by atoms with Crippen LogP contribution in [0.1, 0.15) is 48.9 Å². The second kappa shape index (κ2) is 6.04. The van der Waals surface area contributed by atoms with E-state index in [2.05, 4.69) is 4.90 Å². The van der Waals surface area contributed by atoms with Crippen LogP contribution in [0.25, 0.3) is 0 Å². The highest BCUT2D eigenvalue weighted by molar-refractivity contribution is 5.97. The van der Waals surface area contributed by atoms with E-state index in [-0.39, 0.29) is 11.3 Å². The molecule has 2 nitrogen and oxygen atoms in total. The summed E-state index contributed by atoms with van der Waals surface area (Å²) in [6.45, 7) is 1.36. The number of benzene rings is 1. The van der Waals surface area contributed by atoms with Gasteiger partial charge in [0.1, 0.15) is 5.82 Å². The predicted octanol–water partition coefficient (Wildman–Crippen LogP) is 3.66. The molecular formula is C17H22FNO. The lowest BCUT2D eigenvalue weighted by atomic mass is 9.95. The molecule has 0 aromatic heterocycles. The van der Waals surface area contributed by atoms with Crippen molar-refractivity contribution in [1.82, 2.24) is 4.90 Å². The minimum absolute atomic E-state index is 0.0759. The van der Waals surface area contributed by atoms with Crippen LogP contribution in [-0.2, 0) is 0 Å². The molecule has 1 heterocycles. The van der Waals surface area contributed by atoms with E-state index in [4.69, 9.17) is 0 Å². The van der Waals surface area contributed by atoms with E-state index >= 15 is 0 Å². The molecule has 1 aromatic rings. The third-order valence-electron chi connectivity index (χ3n) is 4.88. The molecular weight excluding hydrogens is 253 g/mol. The molecule has 0 amide bonds. The number of carbonyl (C=O) groups excluding carboxylic acids is 1. The minimum Gasteiger partial charge on any atom is -0.293 e. The molecule has 20 heavy (non-hydrogen) atoms. The van der Waals surface area contributed by atoms with E-state index in [1.165, 1.54) is 44.6 Å². The number of Topliss-reactive ketones (excluding diaryl/α,β-unsaturated/α-hetero) is 1. The zero-order valence-electron chi connectivity index (χ0n) is 11.9. The Balaban J connectivity index is 1.67. The molecule has 1 aliphatic carbocycles. The van der Waals surface area contributed by atoms with Crippen molar-refractivity contribution in [3.8, 4) is 0 Å². The summed E-state index contributed by atoms with van der Waals surface area (Å²) in [7, 11) is 0. The average Bonchev–Trinajstić information content (AvgIpc) is 3.09. The Morgan fingerprint density at radius 3 is 2.65 bits per heavy atom. The van der Waals surface area contributed by atoms with E-state index in [9.17, 15) is 9.18 Å². The molecule has 108 valence electrons. The van der Waals surface area contributed by atoms with Gasteiger partial charge in [0.2, 0.25) is 0 Å². The molecule has 1 saturated heterocycles. The molecule has 1 unspecified atom stereocenters. The summed E-state index contributed by atoms with van der Waals surface area (Å²) in [5.41, 5.74) is 0.240. The molecule has 0 spiro atoms. The van der Waals surface area contributed by atoms with Crippen LogP contribution in [0.15, 0.2) is 24.3 Å². The van der Waals surface area contributed by atoms with Crippen molar-refractivity contribution in [2.24, 2.45) is 5.92 Å². The smallest absolute Gasteiger partial charge is 0.179 e. The summed E-state index contributed by atoms with van der Waals surface area (Å²) in [6, 6.07) is 6.87. The predicted molar refractivity (Wildman–Crippen MR) is 77.3 cm³/mol. The minimum atomic E-state index is -0.394. The lowest BCUT2D eigenvalue weighted by molar-refractivity contribution is 0.0892. The first-order valence-corrected chi connectivity index (χ1v) is 7.77. The van der Waals surface area contributed by atoms with Gasteiger partial charge in [-0.3, -0.25) is 9.69 Å². The van der Waals surface area contributed by atoms with E-state index in [1.807, 2.05) is 0 Å². The van der Waals surface area contributed by atoms with Crippen LogP contribution in [0, 0.1) is 11.7 Å². The van der Waals surface area contributed by atoms with Crippen LogP contribution in [0.3, 0.4) is 0 Å². The molecule has 3 rings (SSSR count). The molecule has 1 saturated carbocycles. The molecule has 1 atom stereocenters. The zero-order valence-corrected chi connectivity index (χ0v) is 11.9. The molecule has 0 bridgehead atoms. The Bertz CT molecular complexity index is 482. The molecule has 0 N–H and O–H groups in total. The molecule has 2 aliphatic rings. The summed E-state index contributed by atoms with van der Waals surface area (Å²) in [5.74, 6) is 0.285. The van der Waals surface area contributed by atoms with Crippen molar-refractivity contribution < 1.29 is 9.18 Å². The first kappa shape index (κ1) is 13.7. The van der Waals surface area contributed by atoms with Crippen molar-refractivity contribution in [3.63, 3.8) is 0 Å². The topological polar surface area (TPSA) is 20.3 Å². The van der Waals surface area contributed by atoms with Crippen LogP contribution in [0.5, 0.6) is 0 Å². The van der Waals surface area contributed by atoms with Gasteiger partial charge in [0.15, 0.2) is 5.78 Å². The van der Waals surface area contributed by atoms with Gasteiger partial charge in [0.25, 0.3) is 0 Å². The SMILES string of the molecule is O=C(CN1CCCC1C1CCCC1)c1ccccc1F. The first-order chi connectivity index (χ1) is 9.75. The van der Waals surface area contributed by atoms with Gasteiger partial charge in [0, 0.05) is 6.04 Å². The molecule has 1 aromatic carbocycles. The fourth-order valence-electron chi connectivity index (χ4n) is 3.88. The largest absolute Gasteiger partial charge is 0.293 e. The van der Waals surface area contributed by atoms with E-state index in [1.54, 1.807) is 18.2 Å². The summed E-state index contributed by atoms with van der Waals surface area (Å²) in [4.78, 5) is 14.6. The van der Waals surface area contributed by atoms with Gasteiger partial charge in [0.05, 0.1) is 12.1 Å². The van der Waals surface area contributed by atoms with Gasteiger partial charge in [-0.15, -0.1) is 0 Å². The van der Waals surface area contributed by atoms with Gasteiger partial charge in [-0.2, -0.15) is 0 Å². The highest BCUT2D eigenvalue weighted by Crippen LogP contribution is 2.35. The Labute approximate surface area is 120 Å². The van der Waals surface area contributed by atoms with Crippen LogP contribution < -0.4 is 0 Å². The van der Waals surface area contributed by atoms with Crippen molar-refractivity contribution in [2.75, 3.05) is 13.1 Å². The molecule has 2 fully saturated rings. The molecule has 1 aliphatic heterocycles. The monoisotopic (exact) mass is 275 g/mol. The lowest BCUT2D eigenvalue weighted by Crippen LogP contribution is -2.38. The van der Waals surface area contributed by atoms with Gasteiger partial charge in [-0.05, 0) is 50.3 Å². The summed E-state index contributed by atoms with van der Waals surface area (Å²) in [6.07, 6.45) is 7.64. The lowest BCUT2D eigenvalue weighted by Gasteiger charge is -2.28. The van der Waals surface area contributed by atoms with Gasteiger partial charge in [-0.25, -0.2) is 4.39 Å². The fourth-order valence-corrected chi connectivity index (χ4v) is 3.88. The quantitative estimate of drug-likeness (QED) is 0.782. The van der Waals surface area contributed by atoms with Gasteiger partial charge < -0.3 is 0 Å². The van der Waals surface area contributed by atoms with Crippen molar-refractivity contribution >= 4 is 5.78 Å². The van der Waals surface area contributed by atoms with Gasteiger partial charge in [-0.1, -0.05) is 25.0 Å². The standard InChI is InChI=1S/C17H22FNO/c18-15-9-4-3-8-14(15)17(20)12-19-11-5-10-16(19)13-6-1-2-7-13/h3-4,8-9,13,16H,1-2,5-7,10-12H2. The molecule has 3 heteroatoms. The number of hydrogen-bond acceptors (Lipinski definition) is 2. The Morgan fingerprint density at radius 2 is 1.90 bits per heavy atom. The Kier molecular flexibility index (Phi) is 4.16. The van der Waals surface area contributed by atoms with Crippen molar-refractivity contribution in [2.45, 2.75) is 44.6 Å². The number of halogens is 1. The Hall–Kier alpha value is -1.22. The summed E-state index contributed by atoms with van der Waals surface area (Å²) in [5, 5.41) is 0. The maximum Gasteiger partial charge on any atom is 0.179 e. The number of rotatable bonds is 4. The number of nitrogens with zero attached hydrogens (tertiary/aromatic N) is 1. The number of ketones is 1. The summed E-state index contributed by atoms with van der Waals surface area (Å²) >= 11 is 0. The van der Waals surface area contributed by atoms with Gasteiger partial charge >= 0.3 is 0 Å². The van der Waals surface area contributed by atoms with Crippen molar-refractivity contribution in [1.29, 1.82) is 0 Å². The molecule has 0 radical (unpaired) electrons. The average molecular weight is 275 g/mol. The highest BCUT2D eigenvalue weighted by Gasteiger charge is 2.34. The zero-order chi connectivity index (χ0) is 13.9. The normalized spacial score (nSPS) is 24.4. The van der Waals surface area contributed by atoms with Crippen LogP contribution >= 0.6 is 0 Å². The van der Waals surface area contributed by atoms with Crippen LogP contribution in [-0.4, -0.2) is 29.8 Å². The third-order valence-corrected chi connectivity index (χ3v) is 4.88. The van der Waals surface area contributed by atoms with Crippen LogP contribution in [0.2, 0.25) is 0 Å². The van der Waals surface area contributed by atoms with E-state index < -0.39 is 5.82 Å². The number of carbonyl (C=O) groups is 1.